The molecular weight excluding hydrogens is 401 g/mol. The fourth-order valence-corrected chi connectivity index (χ4v) is 4.32. The molecule has 2 amide bonds. The number of fused-ring (bicyclic) bond motifs is 1. The number of amides is 2. The standard InChI is InChI=1S/C27H30FN3O/c28-25-13-11-21(12-14-25)17-26-18-23-9-4-5-10-24(23)20-31(26)16-6-15-29-27(32)30-19-22-7-2-1-3-8-22/h1-5,7-14,26H,6,15-20H2,(H2,29,30,32). The Balaban J connectivity index is 1.28. The highest BCUT2D eigenvalue weighted by molar-refractivity contribution is 5.73. The van der Waals surface area contributed by atoms with E-state index >= 15 is 0 Å². The van der Waals surface area contributed by atoms with Gasteiger partial charge in [-0.15, -0.1) is 0 Å². The smallest absolute Gasteiger partial charge is 0.315 e. The van der Waals surface area contributed by atoms with Crippen LogP contribution in [0.25, 0.3) is 0 Å². The Labute approximate surface area is 189 Å². The van der Waals surface area contributed by atoms with Crippen LogP contribution in [0.2, 0.25) is 0 Å². The first kappa shape index (κ1) is 22.0. The van der Waals surface area contributed by atoms with E-state index in [2.05, 4.69) is 39.8 Å². The van der Waals surface area contributed by atoms with Crippen LogP contribution < -0.4 is 10.6 Å². The van der Waals surface area contributed by atoms with Gasteiger partial charge in [0, 0.05) is 32.2 Å². The summed E-state index contributed by atoms with van der Waals surface area (Å²) in [6, 6.07) is 25.6. The van der Waals surface area contributed by atoms with Crippen LogP contribution in [0.3, 0.4) is 0 Å². The maximum absolute atomic E-state index is 13.3. The topological polar surface area (TPSA) is 44.4 Å². The fourth-order valence-electron chi connectivity index (χ4n) is 4.32. The van der Waals surface area contributed by atoms with Crippen molar-refractivity contribution in [2.75, 3.05) is 13.1 Å². The third-order valence-corrected chi connectivity index (χ3v) is 6.05. The minimum Gasteiger partial charge on any atom is -0.338 e. The van der Waals surface area contributed by atoms with E-state index in [9.17, 15) is 9.18 Å². The van der Waals surface area contributed by atoms with E-state index in [0.717, 1.165) is 43.5 Å². The molecule has 0 bridgehead atoms. The minimum atomic E-state index is -0.198. The van der Waals surface area contributed by atoms with Crippen LogP contribution in [0.1, 0.15) is 28.7 Å². The summed E-state index contributed by atoms with van der Waals surface area (Å²) >= 11 is 0. The van der Waals surface area contributed by atoms with Crippen LogP contribution in [-0.2, 0) is 25.9 Å². The van der Waals surface area contributed by atoms with E-state index in [-0.39, 0.29) is 11.8 Å². The van der Waals surface area contributed by atoms with E-state index in [1.807, 2.05) is 42.5 Å². The second-order valence-corrected chi connectivity index (χ2v) is 8.38. The maximum Gasteiger partial charge on any atom is 0.315 e. The Morgan fingerprint density at radius 3 is 2.38 bits per heavy atom. The van der Waals surface area contributed by atoms with Gasteiger partial charge in [0.1, 0.15) is 5.82 Å². The quantitative estimate of drug-likeness (QED) is 0.509. The Bertz CT molecular complexity index is 1010. The summed E-state index contributed by atoms with van der Waals surface area (Å²) in [4.78, 5) is 14.6. The van der Waals surface area contributed by atoms with Gasteiger partial charge in [-0.05, 0) is 53.6 Å². The van der Waals surface area contributed by atoms with Crippen LogP contribution in [0.5, 0.6) is 0 Å². The van der Waals surface area contributed by atoms with Crippen molar-refractivity contribution >= 4 is 6.03 Å². The zero-order valence-electron chi connectivity index (χ0n) is 18.3. The molecule has 1 aliphatic heterocycles. The minimum absolute atomic E-state index is 0.138. The van der Waals surface area contributed by atoms with Crippen molar-refractivity contribution in [3.05, 3.63) is 107 Å². The summed E-state index contributed by atoms with van der Waals surface area (Å²) < 4.78 is 13.3. The van der Waals surface area contributed by atoms with Crippen molar-refractivity contribution in [1.82, 2.24) is 15.5 Å². The molecule has 5 heteroatoms. The predicted octanol–water partition coefficient (Wildman–Crippen LogP) is 4.68. The molecule has 0 saturated heterocycles. The first-order valence-electron chi connectivity index (χ1n) is 11.3. The van der Waals surface area contributed by atoms with Crippen LogP contribution in [0.4, 0.5) is 9.18 Å². The van der Waals surface area contributed by atoms with E-state index in [1.54, 1.807) is 0 Å². The van der Waals surface area contributed by atoms with Crippen molar-refractivity contribution in [2.24, 2.45) is 0 Å². The molecule has 0 aliphatic carbocycles. The van der Waals surface area contributed by atoms with Crippen molar-refractivity contribution in [3.63, 3.8) is 0 Å². The largest absolute Gasteiger partial charge is 0.338 e. The van der Waals surface area contributed by atoms with Gasteiger partial charge in [0.15, 0.2) is 0 Å². The van der Waals surface area contributed by atoms with E-state index in [0.29, 0.717) is 19.1 Å². The first-order chi connectivity index (χ1) is 15.7. The highest BCUT2D eigenvalue weighted by atomic mass is 19.1. The molecule has 4 nitrogen and oxygen atoms in total. The summed E-state index contributed by atoms with van der Waals surface area (Å²) in [6.07, 6.45) is 2.75. The molecule has 3 aromatic carbocycles. The Kier molecular flexibility index (Phi) is 7.51. The van der Waals surface area contributed by atoms with Crippen LogP contribution >= 0.6 is 0 Å². The monoisotopic (exact) mass is 431 g/mol. The second-order valence-electron chi connectivity index (χ2n) is 8.38. The third kappa shape index (κ3) is 6.17. The number of hydrogen-bond acceptors (Lipinski definition) is 2. The highest BCUT2D eigenvalue weighted by Crippen LogP contribution is 2.25. The molecule has 1 atom stereocenters. The van der Waals surface area contributed by atoms with Gasteiger partial charge < -0.3 is 10.6 Å². The lowest BCUT2D eigenvalue weighted by atomic mass is 9.90. The Morgan fingerprint density at radius 2 is 1.59 bits per heavy atom. The summed E-state index contributed by atoms with van der Waals surface area (Å²) in [5, 5.41) is 5.87. The van der Waals surface area contributed by atoms with Gasteiger partial charge in [0.05, 0.1) is 0 Å². The van der Waals surface area contributed by atoms with Gasteiger partial charge in [-0.25, -0.2) is 9.18 Å². The maximum atomic E-state index is 13.3. The molecule has 0 aromatic heterocycles. The zero-order chi connectivity index (χ0) is 22.2. The number of benzene rings is 3. The lowest BCUT2D eigenvalue weighted by molar-refractivity contribution is 0.167. The zero-order valence-corrected chi connectivity index (χ0v) is 18.3. The Hall–Kier alpha value is -3.18. The predicted molar refractivity (Wildman–Crippen MR) is 126 cm³/mol. The van der Waals surface area contributed by atoms with Crippen molar-refractivity contribution in [2.45, 2.75) is 38.4 Å². The first-order valence-corrected chi connectivity index (χ1v) is 11.3. The number of halogens is 1. The van der Waals surface area contributed by atoms with Gasteiger partial charge in [-0.3, -0.25) is 4.90 Å². The average molecular weight is 432 g/mol. The van der Waals surface area contributed by atoms with Crippen LogP contribution in [-0.4, -0.2) is 30.1 Å². The lowest BCUT2D eigenvalue weighted by Crippen LogP contribution is -2.43. The van der Waals surface area contributed by atoms with Crippen molar-refractivity contribution in [3.8, 4) is 0 Å². The SMILES string of the molecule is O=C(NCCCN1Cc2ccccc2CC1Cc1ccc(F)cc1)NCc1ccccc1. The molecule has 32 heavy (non-hydrogen) atoms. The Morgan fingerprint density at radius 1 is 0.875 bits per heavy atom. The number of rotatable bonds is 8. The molecule has 3 aromatic rings. The summed E-state index contributed by atoms with van der Waals surface area (Å²) in [6.45, 7) is 2.96. The normalized spacial score (nSPS) is 15.7. The molecule has 166 valence electrons. The molecule has 1 unspecified atom stereocenters. The van der Waals surface area contributed by atoms with Crippen molar-refractivity contribution in [1.29, 1.82) is 0 Å². The second kappa shape index (κ2) is 10.9. The van der Waals surface area contributed by atoms with Gasteiger partial charge in [-0.1, -0.05) is 66.7 Å². The number of nitrogens with zero attached hydrogens (tertiary/aromatic N) is 1. The van der Waals surface area contributed by atoms with Gasteiger partial charge >= 0.3 is 6.03 Å². The number of urea groups is 1. The summed E-state index contributed by atoms with van der Waals surface area (Å²) in [5.74, 6) is -0.198. The molecule has 0 saturated carbocycles. The van der Waals surface area contributed by atoms with Crippen molar-refractivity contribution < 1.29 is 9.18 Å². The summed E-state index contributed by atoms with van der Waals surface area (Å²) in [5.41, 5.74) is 5.00. The van der Waals surface area contributed by atoms with E-state index < -0.39 is 0 Å². The van der Waals surface area contributed by atoms with Gasteiger partial charge in [0.2, 0.25) is 0 Å². The molecule has 4 rings (SSSR count). The number of nitrogens with one attached hydrogen (secondary N) is 2. The van der Waals surface area contributed by atoms with Crippen LogP contribution in [0, 0.1) is 5.82 Å². The summed E-state index contributed by atoms with van der Waals surface area (Å²) in [7, 11) is 0. The van der Waals surface area contributed by atoms with E-state index in [4.69, 9.17) is 0 Å². The molecule has 0 radical (unpaired) electrons. The molecule has 1 aliphatic rings. The third-order valence-electron chi connectivity index (χ3n) is 6.05. The van der Waals surface area contributed by atoms with Gasteiger partial charge in [-0.2, -0.15) is 0 Å². The van der Waals surface area contributed by atoms with Gasteiger partial charge in [0.25, 0.3) is 0 Å². The molecule has 0 fully saturated rings. The fraction of sp³-hybridized carbons (Fsp3) is 0.296. The van der Waals surface area contributed by atoms with Crippen LogP contribution in [0.15, 0.2) is 78.9 Å². The lowest BCUT2D eigenvalue weighted by Gasteiger charge is -2.37. The average Bonchev–Trinajstić information content (AvgIpc) is 2.82. The number of hydrogen-bond donors (Lipinski definition) is 2. The highest BCUT2D eigenvalue weighted by Gasteiger charge is 2.25. The number of carbonyl (C=O) groups is 1. The molecule has 0 spiro atoms. The molecular formula is C27H30FN3O. The van der Waals surface area contributed by atoms with E-state index in [1.165, 1.54) is 23.3 Å². The molecule has 2 N–H and O–H groups in total. The molecule has 1 heterocycles. The number of carbonyl (C=O) groups excluding carboxylic acids is 1.